The van der Waals surface area contributed by atoms with Crippen LogP contribution in [0.15, 0.2) is 11.6 Å². The van der Waals surface area contributed by atoms with Gasteiger partial charge in [-0.25, -0.2) is 4.98 Å². The molecule has 0 N–H and O–H groups in total. The number of nitrogens with zero attached hydrogens (tertiary/aromatic N) is 2. The number of carbonyl (C=O) groups excluding carboxylic acids is 1. The molecule has 1 aromatic rings. The van der Waals surface area contributed by atoms with Gasteiger partial charge in [-0.3, -0.25) is 4.79 Å². The van der Waals surface area contributed by atoms with Crippen molar-refractivity contribution in [2.24, 2.45) is 11.3 Å². The number of carbonyl (C=O) groups is 1. The molecule has 0 radical (unpaired) electrons. The molecule has 0 atom stereocenters. The minimum atomic E-state index is 0.322. The van der Waals surface area contributed by atoms with Crippen molar-refractivity contribution < 1.29 is 4.79 Å². The summed E-state index contributed by atoms with van der Waals surface area (Å²) in [6, 6.07) is 0. The first kappa shape index (κ1) is 14.7. The van der Waals surface area contributed by atoms with E-state index in [0.29, 0.717) is 23.2 Å². The molecule has 0 bridgehead atoms. The lowest BCUT2D eigenvalue weighted by Gasteiger charge is -2.47. The molecule has 4 rings (SSSR count). The normalized spacial score (nSPS) is 26.1. The Labute approximate surface area is 137 Å². The minimum Gasteiger partial charge on any atom is -0.342 e. The van der Waals surface area contributed by atoms with Gasteiger partial charge in [0.25, 0.3) is 0 Å². The number of aromatic nitrogens is 1. The summed E-state index contributed by atoms with van der Waals surface area (Å²) in [5, 5.41) is 3.32. The minimum absolute atomic E-state index is 0.322. The number of amides is 1. The Morgan fingerprint density at radius 2 is 1.86 bits per heavy atom. The van der Waals surface area contributed by atoms with Crippen LogP contribution in [0, 0.1) is 11.3 Å². The molecule has 2 heterocycles. The fourth-order valence-corrected chi connectivity index (χ4v) is 5.51. The van der Waals surface area contributed by atoms with Gasteiger partial charge in [-0.2, -0.15) is 0 Å². The molecule has 3 aliphatic rings. The van der Waals surface area contributed by atoms with E-state index in [-0.39, 0.29) is 0 Å². The first-order chi connectivity index (χ1) is 10.8. The maximum absolute atomic E-state index is 12.8. The summed E-state index contributed by atoms with van der Waals surface area (Å²) < 4.78 is 0. The first-order valence-electron chi connectivity index (χ1n) is 8.94. The van der Waals surface area contributed by atoms with Gasteiger partial charge in [0.1, 0.15) is 0 Å². The second kappa shape index (κ2) is 5.95. The molecule has 4 heteroatoms. The number of hydrogen-bond donors (Lipinski definition) is 0. The molecule has 3 fully saturated rings. The Morgan fingerprint density at radius 1 is 1.14 bits per heavy atom. The fourth-order valence-electron chi connectivity index (χ4n) is 4.70. The highest BCUT2D eigenvalue weighted by Crippen LogP contribution is 2.52. The van der Waals surface area contributed by atoms with E-state index in [2.05, 4.69) is 15.3 Å². The summed E-state index contributed by atoms with van der Waals surface area (Å²) in [5.41, 5.74) is 0.661. The van der Waals surface area contributed by atoms with Crippen molar-refractivity contribution in [2.45, 2.75) is 63.7 Å². The summed E-state index contributed by atoms with van der Waals surface area (Å²) in [7, 11) is 0. The van der Waals surface area contributed by atoms with Gasteiger partial charge in [-0.1, -0.05) is 6.42 Å². The van der Waals surface area contributed by atoms with Crippen molar-refractivity contribution in [3.8, 4) is 0 Å². The van der Waals surface area contributed by atoms with Crippen LogP contribution in [0.3, 0.4) is 0 Å². The van der Waals surface area contributed by atoms with E-state index < -0.39 is 0 Å². The molecule has 1 amide bonds. The summed E-state index contributed by atoms with van der Waals surface area (Å²) in [4.78, 5) is 19.4. The third-order valence-electron chi connectivity index (χ3n) is 6.42. The van der Waals surface area contributed by atoms with Crippen molar-refractivity contribution in [2.75, 3.05) is 13.1 Å². The molecular weight excluding hydrogens is 292 g/mol. The van der Waals surface area contributed by atoms with Crippen LogP contribution in [-0.2, 0) is 4.79 Å². The van der Waals surface area contributed by atoms with Crippen molar-refractivity contribution in [1.29, 1.82) is 0 Å². The molecule has 1 aliphatic heterocycles. The Kier molecular flexibility index (Phi) is 3.97. The number of hydrogen-bond acceptors (Lipinski definition) is 3. The van der Waals surface area contributed by atoms with Crippen LogP contribution >= 0.6 is 11.3 Å². The lowest BCUT2D eigenvalue weighted by atomic mass is 9.59. The Balaban J connectivity index is 1.29. The summed E-state index contributed by atoms with van der Waals surface area (Å²) in [6.45, 7) is 1.87. The van der Waals surface area contributed by atoms with Gasteiger partial charge in [-0.15, -0.1) is 11.3 Å². The Hall–Kier alpha value is -0.900. The largest absolute Gasteiger partial charge is 0.342 e. The highest BCUT2D eigenvalue weighted by atomic mass is 32.1. The Bertz CT molecular complexity index is 505. The van der Waals surface area contributed by atoms with Gasteiger partial charge in [0.05, 0.1) is 5.01 Å². The monoisotopic (exact) mass is 318 g/mol. The fraction of sp³-hybridized carbons (Fsp3) is 0.778. The second-order valence-corrected chi connectivity index (χ2v) is 8.52. The smallest absolute Gasteiger partial charge is 0.225 e. The van der Waals surface area contributed by atoms with Crippen LogP contribution in [0.4, 0.5) is 0 Å². The highest BCUT2D eigenvalue weighted by molar-refractivity contribution is 7.09. The molecule has 2 aliphatic carbocycles. The van der Waals surface area contributed by atoms with Crippen LogP contribution < -0.4 is 0 Å². The van der Waals surface area contributed by atoms with Crippen molar-refractivity contribution in [3.05, 3.63) is 16.6 Å². The average molecular weight is 318 g/mol. The van der Waals surface area contributed by atoms with Crippen molar-refractivity contribution in [1.82, 2.24) is 9.88 Å². The predicted octanol–water partition coefficient (Wildman–Crippen LogP) is 4.21. The Morgan fingerprint density at radius 3 is 2.41 bits per heavy atom. The van der Waals surface area contributed by atoms with Crippen molar-refractivity contribution >= 4 is 17.2 Å². The topological polar surface area (TPSA) is 33.2 Å². The highest BCUT2D eigenvalue weighted by Gasteiger charge is 2.42. The van der Waals surface area contributed by atoms with E-state index in [1.807, 2.05) is 6.20 Å². The molecule has 120 valence electrons. The van der Waals surface area contributed by atoms with Gasteiger partial charge >= 0.3 is 0 Å². The summed E-state index contributed by atoms with van der Waals surface area (Å²) >= 11 is 1.76. The predicted molar refractivity (Wildman–Crippen MR) is 88.9 cm³/mol. The molecule has 1 spiro atoms. The standard InChI is InChI=1S/C18H26N2OS/c21-17(15-2-8-18(9-3-15)6-1-7-18)20-11-4-14(5-12-20)16-19-10-13-22-16/h10,13-15H,1-9,11-12H2. The van der Waals surface area contributed by atoms with Crippen LogP contribution in [0.1, 0.15) is 68.7 Å². The molecule has 3 nitrogen and oxygen atoms in total. The van der Waals surface area contributed by atoms with E-state index in [1.54, 1.807) is 11.3 Å². The molecule has 1 aromatic heterocycles. The van der Waals surface area contributed by atoms with Gasteiger partial charge in [0, 0.05) is 36.5 Å². The number of likely N-dealkylation sites (tertiary alicyclic amines) is 1. The summed E-state index contributed by atoms with van der Waals surface area (Å²) in [6.07, 6.45) is 13.2. The van der Waals surface area contributed by atoms with Gasteiger partial charge in [-0.05, 0) is 56.8 Å². The van der Waals surface area contributed by atoms with Gasteiger partial charge < -0.3 is 4.90 Å². The van der Waals surface area contributed by atoms with Crippen LogP contribution in [0.2, 0.25) is 0 Å². The maximum Gasteiger partial charge on any atom is 0.225 e. The van der Waals surface area contributed by atoms with Crippen molar-refractivity contribution in [3.63, 3.8) is 0 Å². The lowest BCUT2D eigenvalue weighted by molar-refractivity contribution is -0.139. The molecule has 2 saturated carbocycles. The molecule has 0 aromatic carbocycles. The molecule has 1 saturated heterocycles. The van der Waals surface area contributed by atoms with Crippen LogP contribution in [-0.4, -0.2) is 28.9 Å². The zero-order valence-electron chi connectivity index (χ0n) is 13.3. The molecule has 0 unspecified atom stereocenters. The second-order valence-electron chi connectivity index (χ2n) is 7.60. The quantitative estimate of drug-likeness (QED) is 0.818. The third-order valence-corrected chi connectivity index (χ3v) is 7.36. The van der Waals surface area contributed by atoms with E-state index in [9.17, 15) is 4.79 Å². The SMILES string of the molecule is O=C(C1CCC2(CCC2)CC1)N1CCC(c2nccs2)CC1. The lowest BCUT2D eigenvalue weighted by Crippen LogP contribution is -2.44. The van der Waals surface area contributed by atoms with E-state index in [4.69, 9.17) is 0 Å². The van der Waals surface area contributed by atoms with Crippen LogP contribution in [0.25, 0.3) is 0 Å². The van der Waals surface area contributed by atoms with E-state index in [0.717, 1.165) is 38.8 Å². The summed E-state index contributed by atoms with van der Waals surface area (Å²) in [5.74, 6) is 1.35. The van der Waals surface area contributed by atoms with Gasteiger partial charge in [0.15, 0.2) is 0 Å². The zero-order chi connectivity index (χ0) is 15.0. The molecular formula is C18H26N2OS. The van der Waals surface area contributed by atoms with E-state index >= 15 is 0 Å². The number of thiazole rings is 1. The van der Waals surface area contributed by atoms with E-state index in [1.165, 1.54) is 37.1 Å². The van der Waals surface area contributed by atoms with Gasteiger partial charge in [0.2, 0.25) is 5.91 Å². The first-order valence-corrected chi connectivity index (χ1v) is 9.82. The molecule has 22 heavy (non-hydrogen) atoms. The third kappa shape index (κ3) is 2.70. The zero-order valence-corrected chi connectivity index (χ0v) is 14.1. The number of piperidine rings is 1. The number of rotatable bonds is 2. The average Bonchev–Trinajstić information content (AvgIpc) is 3.07. The maximum atomic E-state index is 12.8. The van der Waals surface area contributed by atoms with Crippen LogP contribution in [0.5, 0.6) is 0 Å².